The van der Waals surface area contributed by atoms with Crippen LogP contribution in [0.5, 0.6) is 0 Å². The zero-order valence-electron chi connectivity index (χ0n) is 15.7. The number of carbonyl (C=O) groups excluding carboxylic acids is 1. The highest BCUT2D eigenvalue weighted by molar-refractivity contribution is 5.68. The van der Waals surface area contributed by atoms with Crippen LogP contribution >= 0.6 is 0 Å². The van der Waals surface area contributed by atoms with Crippen LogP contribution in [0.25, 0.3) is 0 Å². The van der Waals surface area contributed by atoms with Gasteiger partial charge in [-0.3, -0.25) is 0 Å². The van der Waals surface area contributed by atoms with Crippen molar-refractivity contribution >= 4 is 6.09 Å². The summed E-state index contributed by atoms with van der Waals surface area (Å²) in [6.07, 6.45) is 6.04. The number of hydrogen-bond acceptors (Lipinski definition) is 3. The summed E-state index contributed by atoms with van der Waals surface area (Å²) < 4.78 is 5.50. The highest BCUT2D eigenvalue weighted by Gasteiger charge is 2.31. The molecule has 2 rings (SSSR count). The minimum atomic E-state index is -0.400. The van der Waals surface area contributed by atoms with Gasteiger partial charge < -0.3 is 15.0 Å². The van der Waals surface area contributed by atoms with Crippen LogP contribution < -0.4 is 5.32 Å². The molecule has 0 radical (unpaired) electrons. The maximum atomic E-state index is 12.2. The monoisotopic (exact) mass is 324 g/mol. The molecule has 1 aliphatic carbocycles. The lowest BCUT2D eigenvalue weighted by Gasteiger charge is -2.39. The van der Waals surface area contributed by atoms with E-state index in [0.717, 1.165) is 43.9 Å². The quantitative estimate of drug-likeness (QED) is 0.829. The van der Waals surface area contributed by atoms with E-state index in [1.807, 2.05) is 25.7 Å². The molecular weight excluding hydrogens is 288 g/mol. The van der Waals surface area contributed by atoms with Crippen molar-refractivity contribution in [3.63, 3.8) is 0 Å². The third-order valence-corrected chi connectivity index (χ3v) is 5.27. The van der Waals surface area contributed by atoms with E-state index in [9.17, 15) is 4.79 Å². The Hall–Kier alpha value is -0.770. The van der Waals surface area contributed by atoms with E-state index in [-0.39, 0.29) is 6.09 Å². The Kier molecular flexibility index (Phi) is 6.35. The summed E-state index contributed by atoms with van der Waals surface area (Å²) >= 11 is 0. The van der Waals surface area contributed by atoms with Crippen LogP contribution in [0.3, 0.4) is 0 Å². The Morgan fingerprint density at radius 2 is 2.00 bits per heavy atom. The van der Waals surface area contributed by atoms with Gasteiger partial charge in [0.15, 0.2) is 0 Å². The molecule has 0 aromatic carbocycles. The van der Waals surface area contributed by atoms with Gasteiger partial charge in [-0.15, -0.1) is 0 Å². The summed E-state index contributed by atoms with van der Waals surface area (Å²) in [5.74, 6) is 2.36. The zero-order valence-corrected chi connectivity index (χ0v) is 15.7. The standard InChI is InChI=1S/C19H36N2O2/c1-14(2)16-11-17(12-16)20-9-8-15-7-6-10-21(13-15)18(22)23-19(3,4)5/h14-17,20H,6-13H2,1-5H3. The summed E-state index contributed by atoms with van der Waals surface area (Å²) in [5.41, 5.74) is -0.400. The van der Waals surface area contributed by atoms with Crippen molar-refractivity contribution in [2.24, 2.45) is 17.8 Å². The van der Waals surface area contributed by atoms with E-state index >= 15 is 0 Å². The first-order valence-electron chi connectivity index (χ1n) is 9.46. The van der Waals surface area contributed by atoms with Crippen molar-refractivity contribution in [1.29, 1.82) is 0 Å². The fourth-order valence-corrected chi connectivity index (χ4v) is 3.66. The maximum absolute atomic E-state index is 12.2. The average molecular weight is 325 g/mol. The van der Waals surface area contributed by atoms with Crippen molar-refractivity contribution in [2.75, 3.05) is 19.6 Å². The van der Waals surface area contributed by atoms with Gasteiger partial charge in [0.1, 0.15) is 5.60 Å². The molecule has 1 N–H and O–H groups in total. The van der Waals surface area contributed by atoms with Crippen LogP contribution in [-0.2, 0) is 4.74 Å². The Morgan fingerprint density at radius 1 is 1.30 bits per heavy atom. The minimum Gasteiger partial charge on any atom is -0.444 e. The van der Waals surface area contributed by atoms with E-state index in [4.69, 9.17) is 4.74 Å². The Balaban J connectivity index is 1.64. The molecule has 1 aliphatic heterocycles. The molecule has 1 amide bonds. The molecule has 23 heavy (non-hydrogen) atoms. The molecular formula is C19H36N2O2. The molecule has 134 valence electrons. The average Bonchev–Trinajstić information content (AvgIpc) is 2.39. The first kappa shape index (κ1) is 18.6. The molecule has 1 unspecified atom stereocenters. The number of nitrogens with zero attached hydrogens (tertiary/aromatic N) is 1. The minimum absolute atomic E-state index is 0.145. The number of amides is 1. The normalized spacial score (nSPS) is 28.6. The third-order valence-electron chi connectivity index (χ3n) is 5.27. The van der Waals surface area contributed by atoms with E-state index < -0.39 is 5.60 Å². The van der Waals surface area contributed by atoms with Crippen molar-refractivity contribution in [3.8, 4) is 0 Å². The van der Waals surface area contributed by atoms with Gasteiger partial charge in [-0.25, -0.2) is 4.79 Å². The van der Waals surface area contributed by atoms with Gasteiger partial charge in [0.25, 0.3) is 0 Å². The van der Waals surface area contributed by atoms with Gasteiger partial charge in [0.2, 0.25) is 0 Å². The molecule has 0 spiro atoms. The fourth-order valence-electron chi connectivity index (χ4n) is 3.66. The number of hydrogen-bond donors (Lipinski definition) is 1. The predicted octanol–water partition coefficient (Wildman–Crippen LogP) is 4.05. The van der Waals surface area contributed by atoms with Crippen LogP contribution in [0, 0.1) is 17.8 Å². The molecule has 2 aliphatic rings. The highest BCUT2D eigenvalue weighted by atomic mass is 16.6. The number of nitrogens with one attached hydrogen (secondary N) is 1. The fraction of sp³-hybridized carbons (Fsp3) is 0.947. The van der Waals surface area contributed by atoms with E-state index in [1.54, 1.807) is 0 Å². The van der Waals surface area contributed by atoms with Gasteiger partial charge in [-0.05, 0) is 77.2 Å². The molecule has 4 nitrogen and oxygen atoms in total. The Morgan fingerprint density at radius 3 is 2.61 bits per heavy atom. The van der Waals surface area contributed by atoms with Crippen LogP contribution in [0.15, 0.2) is 0 Å². The Bertz CT molecular complexity index is 383. The van der Waals surface area contributed by atoms with Crippen LogP contribution in [-0.4, -0.2) is 42.3 Å². The molecule has 1 saturated carbocycles. The number of piperidine rings is 1. The number of rotatable bonds is 5. The molecule has 0 aromatic rings. The van der Waals surface area contributed by atoms with Crippen LogP contribution in [0.2, 0.25) is 0 Å². The molecule has 0 aromatic heterocycles. The van der Waals surface area contributed by atoms with E-state index in [2.05, 4.69) is 19.2 Å². The Labute approximate surface area is 142 Å². The largest absolute Gasteiger partial charge is 0.444 e. The van der Waals surface area contributed by atoms with Gasteiger partial charge in [0, 0.05) is 19.1 Å². The van der Waals surface area contributed by atoms with Crippen LogP contribution in [0.4, 0.5) is 4.79 Å². The zero-order chi connectivity index (χ0) is 17.0. The first-order valence-corrected chi connectivity index (χ1v) is 9.46. The molecule has 1 saturated heterocycles. The summed E-state index contributed by atoms with van der Waals surface area (Å²) in [7, 11) is 0. The summed E-state index contributed by atoms with van der Waals surface area (Å²) in [5, 5.41) is 3.70. The summed E-state index contributed by atoms with van der Waals surface area (Å²) in [4.78, 5) is 14.1. The summed E-state index contributed by atoms with van der Waals surface area (Å²) in [6, 6.07) is 0.730. The second kappa shape index (κ2) is 7.87. The SMILES string of the molecule is CC(C)C1CC(NCCC2CCCN(C(=O)OC(C)(C)C)C2)C1. The second-order valence-corrected chi connectivity index (χ2v) is 8.85. The lowest BCUT2D eigenvalue weighted by Crippen LogP contribution is -2.45. The lowest BCUT2D eigenvalue weighted by atomic mass is 9.73. The molecule has 1 heterocycles. The van der Waals surface area contributed by atoms with E-state index in [1.165, 1.54) is 25.7 Å². The number of carbonyl (C=O) groups is 1. The molecule has 2 fully saturated rings. The molecule has 1 atom stereocenters. The molecule has 4 heteroatoms. The van der Waals surface area contributed by atoms with Gasteiger partial charge in [-0.1, -0.05) is 13.8 Å². The van der Waals surface area contributed by atoms with E-state index in [0.29, 0.717) is 5.92 Å². The van der Waals surface area contributed by atoms with Crippen LogP contribution in [0.1, 0.15) is 66.7 Å². The second-order valence-electron chi connectivity index (χ2n) is 8.85. The lowest BCUT2D eigenvalue weighted by molar-refractivity contribution is 0.0160. The maximum Gasteiger partial charge on any atom is 0.410 e. The number of likely N-dealkylation sites (tertiary alicyclic amines) is 1. The highest BCUT2D eigenvalue weighted by Crippen LogP contribution is 2.33. The first-order chi connectivity index (χ1) is 10.7. The summed E-state index contributed by atoms with van der Waals surface area (Å²) in [6.45, 7) is 13.2. The predicted molar refractivity (Wildman–Crippen MR) is 94.5 cm³/mol. The van der Waals surface area contributed by atoms with Crippen molar-refractivity contribution < 1.29 is 9.53 Å². The number of ether oxygens (including phenoxy) is 1. The van der Waals surface area contributed by atoms with Gasteiger partial charge >= 0.3 is 6.09 Å². The van der Waals surface area contributed by atoms with Crippen molar-refractivity contribution in [3.05, 3.63) is 0 Å². The topological polar surface area (TPSA) is 41.6 Å². The van der Waals surface area contributed by atoms with Gasteiger partial charge in [0.05, 0.1) is 0 Å². The molecule has 0 bridgehead atoms. The van der Waals surface area contributed by atoms with Crippen molar-refractivity contribution in [2.45, 2.75) is 78.4 Å². The smallest absolute Gasteiger partial charge is 0.410 e. The van der Waals surface area contributed by atoms with Gasteiger partial charge in [-0.2, -0.15) is 0 Å². The van der Waals surface area contributed by atoms with Crippen molar-refractivity contribution in [1.82, 2.24) is 10.2 Å². The third kappa shape index (κ3) is 5.98.